The highest BCUT2D eigenvalue weighted by atomic mass is 19.1. The summed E-state index contributed by atoms with van der Waals surface area (Å²) in [6, 6.07) is 7.12. The minimum Gasteiger partial charge on any atom is -0.444 e. The molecule has 3 N–H and O–H groups in total. The van der Waals surface area contributed by atoms with E-state index in [0.717, 1.165) is 11.6 Å². The summed E-state index contributed by atoms with van der Waals surface area (Å²) in [4.78, 5) is 75.1. The molecule has 0 fully saturated rings. The lowest BCUT2D eigenvalue weighted by Crippen LogP contribution is -2.48. The van der Waals surface area contributed by atoms with Gasteiger partial charge in [0.25, 0.3) is 5.91 Å². The molecule has 16 nitrogen and oxygen atoms in total. The standard InChI is InChI=1S/C46H61F2N7O9/c1-27-24-30(28-16-20-54(21-17-28)37(50-39(57)61-43(2,3)4)51-40(58)62-44(5,6)7)25-34(48)35(27)36(56)49-31-14-15-32(33(47)26-31)29-18-22-55(23-19-29)38(52-41(59)63-45(8,9)10)53-42(60)64-46(11,12)13/h14-16,18,24-26H,17,19-23H2,1-13H3,(H,49,56)(H,50,51,57,58)(H,52,53,59,60). The third-order valence-corrected chi connectivity index (χ3v) is 8.88. The zero-order chi connectivity index (χ0) is 47.9. The Labute approximate surface area is 373 Å². The summed E-state index contributed by atoms with van der Waals surface area (Å²) in [7, 11) is 0. The maximum absolute atomic E-state index is 15.8. The topological polar surface area (TPSA) is 190 Å². The highest BCUT2D eigenvalue weighted by molar-refractivity contribution is 6.06. The molecule has 2 aliphatic rings. The Morgan fingerprint density at radius 2 is 1.06 bits per heavy atom. The minimum atomic E-state index is -0.910. The Morgan fingerprint density at radius 1 is 0.609 bits per heavy atom. The number of ether oxygens (including phenoxy) is 4. The number of carbonyl (C=O) groups is 5. The Balaban J connectivity index is 1.46. The molecule has 0 bridgehead atoms. The number of aliphatic imine (C=N–C) groups is 2. The molecule has 2 heterocycles. The predicted octanol–water partition coefficient (Wildman–Crippen LogP) is 9.34. The summed E-state index contributed by atoms with van der Waals surface area (Å²) >= 11 is 0. The fourth-order valence-corrected chi connectivity index (χ4v) is 6.38. The van der Waals surface area contributed by atoms with Gasteiger partial charge in [0.1, 0.15) is 34.0 Å². The van der Waals surface area contributed by atoms with Crippen LogP contribution in [0.2, 0.25) is 0 Å². The SMILES string of the molecule is Cc1cc(C2=CCN(C(=NC(=O)OC(C)(C)C)NC(=O)OC(C)(C)C)CC2)cc(F)c1C(=O)Nc1ccc(C2=CCN(C(=NC(=O)OC(C)(C)C)NC(=O)OC(C)(C)C)CC2)c(F)c1. The van der Waals surface area contributed by atoms with Gasteiger partial charge in [-0.2, -0.15) is 0 Å². The number of nitrogens with one attached hydrogen (secondary N) is 3. The molecule has 18 heteroatoms. The van der Waals surface area contributed by atoms with E-state index < -0.39 is 64.3 Å². The molecular formula is C46H61F2N7O9. The van der Waals surface area contributed by atoms with Crippen LogP contribution in [0.4, 0.5) is 33.6 Å². The summed E-state index contributed by atoms with van der Waals surface area (Å²) in [5.74, 6) is -2.32. The third kappa shape index (κ3) is 15.8. The quantitative estimate of drug-likeness (QED) is 0.151. The molecule has 2 aromatic carbocycles. The monoisotopic (exact) mass is 893 g/mol. The van der Waals surface area contributed by atoms with Gasteiger partial charge in [0.05, 0.1) is 5.56 Å². The lowest BCUT2D eigenvalue weighted by molar-refractivity contribution is 0.0536. The molecule has 0 atom stereocenters. The lowest BCUT2D eigenvalue weighted by Gasteiger charge is -2.30. The highest BCUT2D eigenvalue weighted by Crippen LogP contribution is 2.30. The minimum absolute atomic E-state index is 0.0647. The van der Waals surface area contributed by atoms with Crippen molar-refractivity contribution in [3.05, 3.63) is 76.4 Å². The normalized spacial score (nSPS) is 15.4. The van der Waals surface area contributed by atoms with Crippen LogP contribution in [0.5, 0.6) is 0 Å². The number of rotatable bonds is 4. The van der Waals surface area contributed by atoms with Gasteiger partial charge in [-0.05, 0) is 149 Å². The number of hydrogen-bond donors (Lipinski definition) is 3. The van der Waals surface area contributed by atoms with E-state index >= 15 is 8.78 Å². The maximum atomic E-state index is 15.8. The van der Waals surface area contributed by atoms with Gasteiger partial charge in [-0.15, -0.1) is 9.98 Å². The number of carbonyl (C=O) groups excluding carboxylic acids is 5. The van der Waals surface area contributed by atoms with Crippen molar-refractivity contribution in [2.75, 3.05) is 31.5 Å². The van der Waals surface area contributed by atoms with Gasteiger partial charge >= 0.3 is 24.4 Å². The Bertz CT molecular complexity index is 2240. The van der Waals surface area contributed by atoms with Crippen molar-refractivity contribution in [2.45, 2.75) is 125 Å². The van der Waals surface area contributed by atoms with Crippen LogP contribution in [-0.4, -0.2) is 101 Å². The van der Waals surface area contributed by atoms with E-state index in [0.29, 0.717) is 29.5 Å². The second-order valence-electron chi connectivity index (χ2n) is 19.2. The average Bonchev–Trinajstić information content (AvgIpc) is 3.11. The van der Waals surface area contributed by atoms with E-state index in [9.17, 15) is 24.0 Å². The van der Waals surface area contributed by atoms with Crippen LogP contribution >= 0.6 is 0 Å². The third-order valence-electron chi connectivity index (χ3n) is 8.88. The van der Waals surface area contributed by atoms with Crippen molar-refractivity contribution in [1.29, 1.82) is 0 Å². The fourth-order valence-electron chi connectivity index (χ4n) is 6.38. The van der Waals surface area contributed by atoms with Gasteiger partial charge in [-0.25, -0.2) is 28.0 Å². The van der Waals surface area contributed by atoms with E-state index in [4.69, 9.17) is 18.9 Å². The number of hydrogen-bond acceptors (Lipinski definition) is 9. The van der Waals surface area contributed by atoms with E-state index in [1.54, 1.807) is 118 Å². The number of alkyl carbamates (subject to hydrolysis) is 2. The van der Waals surface area contributed by atoms with E-state index in [1.165, 1.54) is 18.2 Å². The largest absolute Gasteiger partial charge is 0.444 e. The molecule has 0 saturated carbocycles. The zero-order valence-electron chi connectivity index (χ0n) is 39.0. The van der Waals surface area contributed by atoms with Gasteiger partial charge in [0.15, 0.2) is 0 Å². The highest BCUT2D eigenvalue weighted by Gasteiger charge is 2.28. The van der Waals surface area contributed by atoms with Crippen LogP contribution in [0.1, 0.15) is 123 Å². The summed E-state index contributed by atoms with van der Waals surface area (Å²) in [6.07, 6.45) is 0.788. The summed E-state index contributed by atoms with van der Waals surface area (Å²) in [6.45, 7) is 22.8. The van der Waals surface area contributed by atoms with Crippen LogP contribution in [0, 0.1) is 18.6 Å². The van der Waals surface area contributed by atoms with Crippen molar-refractivity contribution >= 4 is 59.0 Å². The summed E-state index contributed by atoms with van der Waals surface area (Å²) in [5.41, 5.74) is -0.792. The lowest BCUT2D eigenvalue weighted by atomic mass is 9.95. The smallest absolute Gasteiger partial charge is 0.437 e. The van der Waals surface area contributed by atoms with E-state index in [1.807, 2.05) is 0 Å². The van der Waals surface area contributed by atoms with Crippen LogP contribution in [-0.2, 0) is 18.9 Å². The van der Waals surface area contributed by atoms with Gasteiger partial charge in [0.2, 0.25) is 11.9 Å². The number of aryl methyl sites for hydroxylation is 1. The molecule has 0 unspecified atom stereocenters. The van der Waals surface area contributed by atoms with Gasteiger partial charge in [0, 0.05) is 37.4 Å². The molecule has 0 aliphatic carbocycles. The molecule has 0 aromatic heterocycles. The molecule has 2 aromatic rings. The molecule has 0 saturated heterocycles. The van der Waals surface area contributed by atoms with Crippen molar-refractivity contribution in [3.63, 3.8) is 0 Å². The maximum Gasteiger partial charge on any atom is 0.437 e. The Morgan fingerprint density at radius 3 is 1.45 bits per heavy atom. The number of amides is 5. The van der Waals surface area contributed by atoms with E-state index in [2.05, 4.69) is 25.9 Å². The fraction of sp³-hybridized carbons (Fsp3) is 0.500. The average molecular weight is 894 g/mol. The van der Waals surface area contributed by atoms with Crippen LogP contribution in [0.3, 0.4) is 0 Å². The second-order valence-corrected chi connectivity index (χ2v) is 19.2. The molecule has 5 amide bonds. The molecular weight excluding hydrogens is 833 g/mol. The molecule has 0 radical (unpaired) electrons. The predicted molar refractivity (Wildman–Crippen MR) is 240 cm³/mol. The molecule has 2 aliphatic heterocycles. The Hall–Kier alpha value is -6.33. The number of benzene rings is 2. The first kappa shape index (κ1) is 50.3. The van der Waals surface area contributed by atoms with Crippen LogP contribution in [0.25, 0.3) is 11.1 Å². The van der Waals surface area contributed by atoms with Crippen molar-refractivity contribution in [1.82, 2.24) is 20.4 Å². The number of halogens is 2. The first-order chi connectivity index (χ1) is 29.4. The molecule has 64 heavy (non-hydrogen) atoms. The van der Waals surface area contributed by atoms with E-state index in [-0.39, 0.29) is 54.9 Å². The van der Waals surface area contributed by atoms with Gasteiger partial charge < -0.3 is 34.1 Å². The molecule has 0 spiro atoms. The van der Waals surface area contributed by atoms with Crippen LogP contribution in [0.15, 0.2) is 52.5 Å². The van der Waals surface area contributed by atoms with Gasteiger partial charge in [-0.3, -0.25) is 15.4 Å². The number of anilines is 1. The van der Waals surface area contributed by atoms with Gasteiger partial charge in [-0.1, -0.05) is 18.2 Å². The summed E-state index contributed by atoms with van der Waals surface area (Å²) < 4.78 is 52.8. The first-order valence-electron chi connectivity index (χ1n) is 20.9. The first-order valence-corrected chi connectivity index (χ1v) is 20.9. The number of nitrogens with zero attached hydrogens (tertiary/aromatic N) is 4. The second kappa shape index (κ2) is 20.0. The van der Waals surface area contributed by atoms with Crippen LogP contribution < -0.4 is 16.0 Å². The Kier molecular flexibility index (Phi) is 15.7. The molecule has 348 valence electrons. The molecule has 4 rings (SSSR count). The van der Waals surface area contributed by atoms with Crippen molar-refractivity contribution in [3.8, 4) is 0 Å². The zero-order valence-corrected chi connectivity index (χ0v) is 39.0. The van der Waals surface area contributed by atoms with Crippen molar-refractivity contribution < 1.29 is 51.7 Å². The summed E-state index contributed by atoms with van der Waals surface area (Å²) in [5, 5.41) is 7.67. The number of guanidine groups is 2. The van der Waals surface area contributed by atoms with Crippen molar-refractivity contribution in [2.24, 2.45) is 9.98 Å².